The zero-order valence-corrected chi connectivity index (χ0v) is 7.97. The summed E-state index contributed by atoms with van der Waals surface area (Å²) in [6.07, 6.45) is 0. The Kier molecular flexibility index (Phi) is 11.1. The molecule has 0 saturated carbocycles. The Bertz CT molecular complexity index is 141. The Morgan fingerprint density at radius 3 is 1.91 bits per heavy atom. The van der Waals surface area contributed by atoms with Gasteiger partial charge in [-0.25, -0.2) is 12.1 Å². The predicted octanol–water partition coefficient (Wildman–Crippen LogP) is 1.40. The van der Waals surface area contributed by atoms with Crippen molar-refractivity contribution in [2.45, 2.75) is 0 Å². The van der Waals surface area contributed by atoms with Crippen molar-refractivity contribution in [2.75, 3.05) is 7.11 Å². The molecule has 58 valence electrons. The fraction of sp³-hybridized carbons (Fsp3) is 0.125. The van der Waals surface area contributed by atoms with Gasteiger partial charge in [0.25, 0.3) is 0 Å². The summed E-state index contributed by atoms with van der Waals surface area (Å²) in [5.41, 5.74) is 0. The maximum absolute atomic E-state index is 9.48. The van der Waals surface area contributed by atoms with Crippen molar-refractivity contribution in [3.05, 3.63) is 37.3 Å². The smallest absolute Gasteiger partial charge is 0.492 e. The first-order valence-electron chi connectivity index (χ1n) is 2.84. The van der Waals surface area contributed by atoms with Crippen molar-refractivity contribution in [2.24, 2.45) is 0 Å². The molecule has 0 radical (unpaired) electrons. The second-order valence-electron chi connectivity index (χ2n) is 1.54. The first kappa shape index (κ1) is 13.0. The van der Waals surface area contributed by atoms with Crippen LogP contribution >= 0.6 is 0 Å². The molecule has 1 aromatic carbocycles. The van der Waals surface area contributed by atoms with E-state index in [1.165, 1.54) is 7.11 Å². The minimum atomic E-state index is -0.495. The number of esters is 1. The molecule has 0 aromatic heterocycles. The Labute approximate surface area is 81.8 Å². The third-order valence-corrected chi connectivity index (χ3v) is 0.783. The topological polar surface area (TPSA) is 26.3 Å². The molecule has 0 saturated heterocycles. The van der Waals surface area contributed by atoms with E-state index >= 15 is 0 Å². The third-order valence-electron chi connectivity index (χ3n) is 0.783. The van der Waals surface area contributed by atoms with E-state index in [4.69, 9.17) is 0 Å². The summed E-state index contributed by atoms with van der Waals surface area (Å²) in [7, 11) is 1.29. The molecule has 11 heavy (non-hydrogen) atoms. The van der Waals surface area contributed by atoms with Gasteiger partial charge in [0.2, 0.25) is 0 Å². The van der Waals surface area contributed by atoms with Crippen LogP contribution < -0.4 is 0 Å². The zero-order chi connectivity index (χ0) is 7.82. The molecule has 1 rings (SSSR count). The van der Waals surface area contributed by atoms with E-state index in [1.807, 2.05) is 30.3 Å². The Morgan fingerprint density at radius 1 is 1.45 bits per heavy atom. The van der Waals surface area contributed by atoms with Crippen LogP contribution in [0.4, 0.5) is 0 Å². The van der Waals surface area contributed by atoms with Gasteiger partial charge < -0.3 is 4.74 Å². The minimum absolute atomic E-state index is 0. The van der Waals surface area contributed by atoms with Crippen molar-refractivity contribution < 1.29 is 31.2 Å². The Balaban J connectivity index is 0. The van der Waals surface area contributed by atoms with Crippen molar-refractivity contribution in [1.29, 1.82) is 0 Å². The molecule has 0 heterocycles. The van der Waals surface area contributed by atoms with E-state index < -0.39 is 5.97 Å². The largest absolute Gasteiger partial charge is 2.00 e. The molecule has 0 bridgehead atoms. The van der Waals surface area contributed by atoms with E-state index in [1.54, 1.807) is 0 Å². The maximum Gasteiger partial charge on any atom is 2.00 e. The van der Waals surface area contributed by atoms with E-state index in [-0.39, 0.29) is 21.7 Å². The molecule has 0 spiro atoms. The molecular formula is C8H10O2Ti. The molecule has 3 heteroatoms. The standard InChI is InChI=1S/C5H5.C3H5O2.Ti/c1-2-4-5-3-1;1-3(4)5-2;/h1-5H;1H2,2H3;/q2*-1;+2. The number of carbonyl (C=O) groups excluding carboxylic acids is 1. The quantitative estimate of drug-likeness (QED) is 0.347. The average molecular weight is 186 g/mol. The van der Waals surface area contributed by atoms with Crippen molar-refractivity contribution in [3.8, 4) is 0 Å². The first-order chi connectivity index (χ1) is 4.77. The summed E-state index contributed by atoms with van der Waals surface area (Å²) in [5, 5.41) is 0. The molecule has 0 unspecified atom stereocenters. The zero-order valence-electron chi connectivity index (χ0n) is 6.41. The summed E-state index contributed by atoms with van der Waals surface area (Å²) in [6, 6.07) is 10.0. The van der Waals surface area contributed by atoms with Gasteiger partial charge in [-0.1, -0.05) is 0 Å². The van der Waals surface area contributed by atoms with Crippen molar-refractivity contribution >= 4 is 5.97 Å². The molecular weight excluding hydrogens is 176 g/mol. The van der Waals surface area contributed by atoms with Crippen LogP contribution in [0.3, 0.4) is 0 Å². The summed E-state index contributed by atoms with van der Waals surface area (Å²) in [5.74, 6) is -0.495. The van der Waals surface area contributed by atoms with E-state index in [9.17, 15) is 4.79 Å². The molecule has 0 amide bonds. The molecule has 1 aromatic rings. The van der Waals surface area contributed by atoms with Crippen LogP contribution in [-0.2, 0) is 31.2 Å². The van der Waals surface area contributed by atoms with Crippen LogP contribution in [0.25, 0.3) is 0 Å². The van der Waals surface area contributed by atoms with E-state index in [0.29, 0.717) is 0 Å². The first-order valence-corrected chi connectivity index (χ1v) is 2.84. The van der Waals surface area contributed by atoms with Gasteiger partial charge >= 0.3 is 21.7 Å². The predicted molar refractivity (Wildman–Crippen MR) is 39.4 cm³/mol. The van der Waals surface area contributed by atoms with E-state index in [0.717, 1.165) is 0 Å². The number of methoxy groups -OCH3 is 1. The van der Waals surface area contributed by atoms with Gasteiger partial charge in [0.1, 0.15) is 0 Å². The van der Waals surface area contributed by atoms with Gasteiger partial charge in [-0.15, -0.1) is 0 Å². The van der Waals surface area contributed by atoms with Crippen LogP contribution in [0.15, 0.2) is 30.3 Å². The molecule has 0 atom stereocenters. The number of rotatable bonds is 0. The summed E-state index contributed by atoms with van der Waals surface area (Å²) < 4.78 is 4.00. The van der Waals surface area contributed by atoms with Gasteiger partial charge in [-0.05, 0) is 0 Å². The SMILES string of the molecule is [CH2-]C(=O)OC.[Ti+2].c1cc[cH-]c1. The van der Waals surface area contributed by atoms with Crippen LogP contribution in [-0.4, -0.2) is 13.1 Å². The van der Waals surface area contributed by atoms with Crippen LogP contribution in [0.2, 0.25) is 0 Å². The van der Waals surface area contributed by atoms with Crippen molar-refractivity contribution in [1.82, 2.24) is 0 Å². The monoisotopic (exact) mass is 186 g/mol. The number of carbonyl (C=O) groups is 1. The summed E-state index contributed by atoms with van der Waals surface area (Å²) >= 11 is 0. The molecule has 2 nitrogen and oxygen atoms in total. The van der Waals surface area contributed by atoms with Gasteiger partial charge in [-0.2, -0.15) is 18.2 Å². The number of hydrogen-bond donors (Lipinski definition) is 0. The van der Waals surface area contributed by atoms with Gasteiger partial charge in [0, 0.05) is 0 Å². The van der Waals surface area contributed by atoms with Gasteiger partial charge in [-0.3, -0.25) is 11.7 Å². The van der Waals surface area contributed by atoms with Crippen LogP contribution in [0.5, 0.6) is 0 Å². The van der Waals surface area contributed by atoms with Crippen LogP contribution in [0, 0.1) is 6.92 Å². The van der Waals surface area contributed by atoms with Gasteiger partial charge in [0.15, 0.2) is 5.97 Å². The maximum atomic E-state index is 9.48. The van der Waals surface area contributed by atoms with Crippen molar-refractivity contribution in [3.63, 3.8) is 0 Å². The molecule has 0 aliphatic rings. The number of ether oxygens (including phenoxy) is 1. The Hall–Kier alpha value is -0.596. The number of hydrogen-bond acceptors (Lipinski definition) is 2. The fourth-order valence-electron chi connectivity index (χ4n) is 0.321. The average Bonchev–Trinajstić information content (AvgIpc) is 2.43. The minimum Gasteiger partial charge on any atom is -0.492 e. The molecule has 0 N–H and O–H groups in total. The van der Waals surface area contributed by atoms with E-state index in [2.05, 4.69) is 11.7 Å². The second-order valence-corrected chi connectivity index (χ2v) is 1.54. The van der Waals surface area contributed by atoms with Crippen LogP contribution in [0.1, 0.15) is 0 Å². The normalized spacial score (nSPS) is 6.64. The summed E-state index contributed by atoms with van der Waals surface area (Å²) in [6.45, 7) is 2.90. The molecule has 0 fully saturated rings. The second kappa shape index (κ2) is 9.40. The third kappa shape index (κ3) is 12.6. The fourth-order valence-corrected chi connectivity index (χ4v) is 0.321. The molecule has 0 aliphatic carbocycles. The summed E-state index contributed by atoms with van der Waals surface area (Å²) in [4.78, 5) is 9.48. The van der Waals surface area contributed by atoms with Gasteiger partial charge in [0.05, 0.1) is 7.11 Å². The molecule has 0 aliphatic heterocycles. The Morgan fingerprint density at radius 2 is 1.82 bits per heavy atom.